The van der Waals surface area contributed by atoms with E-state index in [1.54, 1.807) is 0 Å². The van der Waals surface area contributed by atoms with Crippen molar-refractivity contribution in [2.75, 3.05) is 13.1 Å². The summed E-state index contributed by atoms with van der Waals surface area (Å²) >= 11 is 0. The SMILES string of the molecule is Cl.NCCC1CCCCN1C(=O)c1ccc(OCc2ccccc2)cc1. The average molecular weight is 375 g/mol. The third-order valence-electron chi connectivity index (χ3n) is 4.74. The van der Waals surface area contributed by atoms with Gasteiger partial charge >= 0.3 is 0 Å². The number of carbonyl (C=O) groups excluding carboxylic acids is 1. The summed E-state index contributed by atoms with van der Waals surface area (Å²) in [7, 11) is 0. The topological polar surface area (TPSA) is 55.6 Å². The van der Waals surface area contributed by atoms with Gasteiger partial charge in [-0.25, -0.2) is 0 Å². The Balaban J connectivity index is 0.00000243. The molecule has 26 heavy (non-hydrogen) atoms. The number of nitrogens with two attached hydrogens (primary N) is 1. The second-order valence-electron chi connectivity index (χ2n) is 6.52. The van der Waals surface area contributed by atoms with Gasteiger partial charge in [-0.15, -0.1) is 12.4 Å². The van der Waals surface area contributed by atoms with Crippen LogP contribution in [0.25, 0.3) is 0 Å². The Hall–Kier alpha value is -2.04. The maximum atomic E-state index is 12.8. The number of nitrogens with zero attached hydrogens (tertiary/aromatic N) is 1. The summed E-state index contributed by atoms with van der Waals surface area (Å²) in [4.78, 5) is 14.8. The average Bonchev–Trinajstić information content (AvgIpc) is 2.68. The fourth-order valence-electron chi connectivity index (χ4n) is 3.36. The molecule has 0 saturated carbocycles. The number of halogens is 1. The molecule has 1 amide bonds. The Labute approximate surface area is 161 Å². The van der Waals surface area contributed by atoms with E-state index in [1.165, 1.54) is 6.42 Å². The van der Waals surface area contributed by atoms with Gasteiger partial charge in [0, 0.05) is 18.2 Å². The first-order valence-corrected chi connectivity index (χ1v) is 9.06. The monoisotopic (exact) mass is 374 g/mol. The van der Waals surface area contributed by atoms with Crippen LogP contribution in [-0.2, 0) is 6.61 Å². The zero-order valence-corrected chi connectivity index (χ0v) is 15.8. The predicted molar refractivity (Wildman–Crippen MR) is 107 cm³/mol. The molecule has 2 N–H and O–H groups in total. The van der Waals surface area contributed by atoms with E-state index in [2.05, 4.69) is 0 Å². The molecule has 3 rings (SSSR count). The number of ether oxygens (including phenoxy) is 1. The first-order valence-electron chi connectivity index (χ1n) is 9.06. The summed E-state index contributed by atoms with van der Waals surface area (Å²) in [6, 6.07) is 17.8. The largest absolute Gasteiger partial charge is 0.489 e. The van der Waals surface area contributed by atoms with Crippen molar-refractivity contribution in [3.8, 4) is 5.75 Å². The van der Waals surface area contributed by atoms with E-state index in [0.29, 0.717) is 13.2 Å². The number of likely N-dealkylation sites (tertiary alicyclic amines) is 1. The van der Waals surface area contributed by atoms with E-state index >= 15 is 0 Å². The molecule has 1 saturated heterocycles. The van der Waals surface area contributed by atoms with Crippen LogP contribution in [0.15, 0.2) is 54.6 Å². The van der Waals surface area contributed by atoms with Crippen molar-refractivity contribution in [1.29, 1.82) is 0 Å². The molecule has 1 heterocycles. The highest BCUT2D eigenvalue weighted by atomic mass is 35.5. The maximum Gasteiger partial charge on any atom is 0.254 e. The van der Waals surface area contributed by atoms with Crippen molar-refractivity contribution in [2.45, 2.75) is 38.3 Å². The summed E-state index contributed by atoms with van der Waals surface area (Å²) in [5.74, 6) is 0.880. The molecule has 0 aliphatic carbocycles. The van der Waals surface area contributed by atoms with Gasteiger partial charge in [-0.2, -0.15) is 0 Å². The smallest absolute Gasteiger partial charge is 0.254 e. The standard InChI is InChI=1S/C21H26N2O2.ClH/c22-14-13-19-8-4-5-15-23(19)21(24)18-9-11-20(12-10-18)25-16-17-6-2-1-3-7-17;/h1-3,6-7,9-12,19H,4-5,8,13-16,22H2;1H. The van der Waals surface area contributed by atoms with E-state index in [4.69, 9.17) is 10.5 Å². The molecule has 0 bridgehead atoms. The minimum atomic E-state index is 0. The first-order chi connectivity index (χ1) is 12.3. The predicted octanol–water partition coefficient (Wildman–Crippen LogP) is 4.03. The molecule has 2 aromatic carbocycles. The van der Waals surface area contributed by atoms with Crippen molar-refractivity contribution in [3.05, 3.63) is 65.7 Å². The highest BCUT2D eigenvalue weighted by Gasteiger charge is 2.26. The number of rotatable bonds is 6. The third kappa shape index (κ3) is 5.23. The van der Waals surface area contributed by atoms with Gasteiger partial charge in [0.25, 0.3) is 5.91 Å². The van der Waals surface area contributed by atoms with Gasteiger partial charge in [0.1, 0.15) is 12.4 Å². The lowest BCUT2D eigenvalue weighted by Gasteiger charge is -2.35. The van der Waals surface area contributed by atoms with Crippen LogP contribution in [0.4, 0.5) is 0 Å². The molecular formula is C21H27ClN2O2. The molecule has 0 radical (unpaired) electrons. The normalized spacial score (nSPS) is 16.7. The van der Waals surface area contributed by atoms with E-state index in [-0.39, 0.29) is 24.4 Å². The van der Waals surface area contributed by atoms with Crippen LogP contribution in [0.3, 0.4) is 0 Å². The van der Waals surface area contributed by atoms with Gasteiger partial charge in [-0.05, 0) is 62.1 Å². The van der Waals surface area contributed by atoms with E-state index < -0.39 is 0 Å². The Morgan fingerprint density at radius 2 is 1.81 bits per heavy atom. The number of carbonyl (C=O) groups is 1. The molecule has 1 aliphatic heterocycles. The summed E-state index contributed by atoms with van der Waals surface area (Å²) in [5.41, 5.74) is 7.55. The number of hydrogen-bond donors (Lipinski definition) is 1. The van der Waals surface area contributed by atoms with Crippen LogP contribution in [-0.4, -0.2) is 29.9 Å². The van der Waals surface area contributed by atoms with E-state index in [9.17, 15) is 4.79 Å². The Bertz CT molecular complexity index is 674. The molecule has 0 aromatic heterocycles. The van der Waals surface area contributed by atoms with Crippen LogP contribution < -0.4 is 10.5 Å². The zero-order chi connectivity index (χ0) is 17.5. The van der Waals surface area contributed by atoms with Crippen LogP contribution >= 0.6 is 12.4 Å². The molecule has 1 aliphatic rings. The minimum Gasteiger partial charge on any atom is -0.489 e. The molecule has 1 atom stereocenters. The van der Waals surface area contributed by atoms with Crippen LogP contribution in [0.2, 0.25) is 0 Å². The lowest BCUT2D eigenvalue weighted by Crippen LogP contribution is -2.44. The molecule has 0 spiro atoms. The number of hydrogen-bond acceptors (Lipinski definition) is 3. The summed E-state index contributed by atoms with van der Waals surface area (Å²) in [5, 5.41) is 0. The van der Waals surface area contributed by atoms with Crippen molar-refractivity contribution >= 4 is 18.3 Å². The number of benzene rings is 2. The molecule has 1 unspecified atom stereocenters. The highest BCUT2D eigenvalue weighted by Crippen LogP contribution is 2.23. The summed E-state index contributed by atoms with van der Waals surface area (Å²) in [6.07, 6.45) is 4.19. The van der Waals surface area contributed by atoms with Gasteiger partial charge in [-0.3, -0.25) is 4.79 Å². The molecule has 2 aromatic rings. The van der Waals surface area contributed by atoms with Gasteiger partial charge in [0.2, 0.25) is 0 Å². The molecule has 1 fully saturated rings. The molecule has 140 valence electrons. The van der Waals surface area contributed by atoms with Crippen LogP contribution in [0, 0.1) is 0 Å². The van der Waals surface area contributed by atoms with Gasteiger partial charge < -0.3 is 15.4 Å². The molecular weight excluding hydrogens is 348 g/mol. The quantitative estimate of drug-likeness (QED) is 0.830. The third-order valence-corrected chi connectivity index (χ3v) is 4.74. The minimum absolute atomic E-state index is 0. The van der Waals surface area contributed by atoms with Crippen LogP contribution in [0.1, 0.15) is 41.6 Å². The van der Waals surface area contributed by atoms with Crippen molar-refractivity contribution in [3.63, 3.8) is 0 Å². The van der Waals surface area contributed by atoms with Crippen molar-refractivity contribution in [2.24, 2.45) is 5.73 Å². The number of piperidine rings is 1. The second kappa shape index (κ2) is 10.2. The second-order valence-corrected chi connectivity index (χ2v) is 6.52. The lowest BCUT2D eigenvalue weighted by molar-refractivity contribution is 0.0605. The van der Waals surface area contributed by atoms with Crippen LogP contribution in [0.5, 0.6) is 5.75 Å². The van der Waals surface area contributed by atoms with Crippen molar-refractivity contribution in [1.82, 2.24) is 4.90 Å². The van der Waals surface area contributed by atoms with Gasteiger partial charge in [-0.1, -0.05) is 30.3 Å². The molecule has 4 nitrogen and oxygen atoms in total. The maximum absolute atomic E-state index is 12.8. The van der Waals surface area contributed by atoms with E-state index in [0.717, 1.165) is 42.7 Å². The first kappa shape index (κ1) is 20.3. The fourth-order valence-corrected chi connectivity index (χ4v) is 3.36. The Morgan fingerprint density at radius 1 is 1.08 bits per heavy atom. The number of amides is 1. The Morgan fingerprint density at radius 3 is 2.50 bits per heavy atom. The molecule has 5 heteroatoms. The highest BCUT2D eigenvalue weighted by molar-refractivity contribution is 5.94. The van der Waals surface area contributed by atoms with Gasteiger partial charge in [0.15, 0.2) is 0 Å². The summed E-state index contributed by atoms with van der Waals surface area (Å²) in [6.45, 7) is 1.98. The Kier molecular flexibility index (Phi) is 7.95. The summed E-state index contributed by atoms with van der Waals surface area (Å²) < 4.78 is 5.79. The van der Waals surface area contributed by atoms with Crippen molar-refractivity contribution < 1.29 is 9.53 Å². The van der Waals surface area contributed by atoms with Gasteiger partial charge in [0.05, 0.1) is 0 Å². The van der Waals surface area contributed by atoms with E-state index in [1.807, 2.05) is 59.5 Å². The zero-order valence-electron chi connectivity index (χ0n) is 15.0. The lowest BCUT2D eigenvalue weighted by atomic mass is 9.98. The fraction of sp³-hybridized carbons (Fsp3) is 0.381.